The first-order valence-electron chi connectivity index (χ1n) is 8.05. The summed E-state index contributed by atoms with van der Waals surface area (Å²) in [7, 11) is 1.30. The molecule has 27 heavy (non-hydrogen) atoms. The van der Waals surface area contributed by atoms with E-state index in [1.54, 1.807) is 16.7 Å². The maximum atomic E-state index is 12.8. The minimum atomic E-state index is -4.39. The second kappa shape index (κ2) is 6.12. The van der Waals surface area contributed by atoms with E-state index in [1.807, 2.05) is 24.3 Å². The van der Waals surface area contributed by atoms with Crippen LogP contribution in [0.4, 0.5) is 13.2 Å². The average Bonchev–Trinajstić information content (AvgIpc) is 3.10. The van der Waals surface area contributed by atoms with E-state index >= 15 is 0 Å². The number of nitrogens with zero attached hydrogens (tertiary/aromatic N) is 2. The van der Waals surface area contributed by atoms with Gasteiger partial charge in [-0.3, -0.25) is 0 Å². The number of hydrogen-bond acceptors (Lipinski definition) is 3. The van der Waals surface area contributed by atoms with E-state index in [-0.39, 0.29) is 0 Å². The van der Waals surface area contributed by atoms with Crippen LogP contribution >= 0.6 is 0 Å². The SMILES string of the molecule is COC(=O)c1cc2nc(-c3ccc(C(F)(F)F)cc3)c3ccccc3n2c1. The second-order valence-corrected chi connectivity index (χ2v) is 6.00. The Bertz CT molecular complexity index is 1160. The molecule has 0 bridgehead atoms. The number of alkyl halides is 3. The van der Waals surface area contributed by atoms with E-state index in [9.17, 15) is 18.0 Å². The van der Waals surface area contributed by atoms with Gasteiger partial charge in [-0.2, -0.15) is 13.2 Å². The summed E-state index contributed by atoms with van der Waals surface area (Å²) in [5.41, 5.74) is 2.02. The largest absolute Gasteiger partial charge is 0.465 e. The van der Waals surface area contributed by atoms with Crippen LogP contribution in [0.25, 0.3) is 27.8 Å². The summed E-state index contributed by atoms with van der Waals surface area (Å²) in [6, 6.07) is 13.8. The summed E-state index contributed by atoms with van der Waals surface area (Å²) < 4.78 is 45.0. The van der Waals surface area contributed by atoms with Crippen molar-refractivity contribution in [2.75, 3.05) is 7.11 Å². The van der Waals surface area contributed by atoms with Gasteiger partial charge in [-0.05, 0) is 24.3 Å². The zero-order valence-corrected chi connectivity index (χ0v) is 14.1. The Morgan fingerprint density at radius 3 is 2.44 bits per heavy atom. The van der Waals surface area contributed by atoms with Crippen molar-refractivity contribution in [1.29, 1.82) is 0 Å². The first-order chi connectivity index (χ1) is 12.9. The van der Waals surface area contributed by atoms with Crippen molar-refractivity contribution in [2.24, 2.45) is 0 Å². The number of para-hydroxylation sites is 1. The van der Waals surface area contributed by atoms with Gasteiger partial charge < -0.3 is 9.14 Å². The van der Waals surface area contributed by atoms with E-state index < -0.39 is 17.7 Å². The van der Waals surface area contributed by atoms with E-state index in [0.29, 0.717) is 22.5 Å². The van der Waals surface area contributed by atoms with E-state index in [2.05, 4.69) is 4.98 Å². The number of halogens is 3. The number of methoxy groups -OCH3 is 1. The molecule has 4 aromatic rings. The number of fused-ring (bicyclic) bond motifs is 3. The van der Waals surface area contributed by atoms with Gasteiger partial charge in [-0.15, -0.1) is 0 Å². The van der Waals surface area contributed by atoms with Crippen LogP contribution in [0.2, 0.25) is 0 Å². The van der Waals surface area contributed by atoms with Crippen molar-refractivity contribution >= 4 is 22.5 Å². The molecule has 0 N–H and O–H groups in total. The third-order valence-electron chi connectivity index (χ3n) is 4.35. The van der Waals surface area contributed by atoms with Gasteiger partial charge in [-0.1, -0.05) is 30.3 Å². The third kappa shape index (κ3) is 2.91. The molecular weight excluding hydrogens is 357 g/mol. The predicted octanol–water partition coefficient (Wildman–Crippen LogP) is 4.96. The minimum Gasteiger partial charge on any atom is -0.465 e. The summed E-state index contributed by atoms with van der Waals surface area (Å²) in [6.07, 6.45) is -2.76. The van der Waals surface area contributed by atoms with Crippen LogP contribution in [0.5, 0.6) is 0 Å². The molecule has 0 aliphatic carbocycles. The smallest absolute Gasteiger partial charge is 0.416 e. The topological polar surface area (TPSA) is 43.6 Å². The van der Waals surface area contributed by atoms with E-state index in [0.717, 1.165) is 23.0 Å². The summed E-state index contributed by atoms with van der Waals surface area (Å²) in [5, 5.41) is 0.761. The molecule has 0 radical (unpaired) electrons. The standard InChI is InChI=1S/C20H13F3N2O2/c1-27-19(26)13-10-17-24-18(12-6-8-14(9-7-12)20(21,22)23)15-4-2-3-5-16(15)25(17)11-13/h2-11H,1H3. The fraction of sp³-hybridized carbons (Fsp3) is 0.100. The number of ether oxygens (including phenoxy) is 1. The molecule has 0 aliphatic rings. The van der Waals surface area contributed by atoms with Crippen LogP contribution in [0, 0.1) is 0 Å². The minimum absolute atomic E-state index is 0.347. The van der Waals surface area contributed by atoms with Crippen molar-refractivity contribution < 1.29 is 22.7 Å². The quantitative estimate of drug-likeness (QED) is 0.469. The van der Waals surface area contributed by atoms with Crippen molar-refractivity contribution in [3.63, 3.8) is 0 Å². The third-order valence-corrected chi connectivity index (χ3v) is 4.35. The predicted molar refractivity (Wildman–Crippen MR) is 94.5 cm³/mol. The summed E-state index contributed by atoms with van der Waals surface area (Å²) in [4.78, 5) is 16.4. The fourth-order valence-corrected chi connectivity index (χ4v) is 3.06. The van der Waals surface area contributed by atoms with Gasteiger partial charge in [0.25, 0.3) is 0 Å². The van der Waals surface area contributed by atoms with Crippen LogP contribution in [0.3, 0.4) is 0 Å². The molecule has 0 atom stereocenters. The Morgan fingerprint density at radius 2 is 1.78 bits per heavy atom. The Kier molecular flexibility index (Phi) is 3.87. The molecule has 2 aromatic carbocycles. The molecule has 0 aliphatic heterocycles. The average molecular weight is 370 g/mol. The molecule has 7 heteroatoms. The molecule has 0 saturated carbocycles. The van der Waals surface area contributed by atoms with Crippen LogP contribution in [0.15, 0.2) is 60.8 Å². The lowest BCUT2D eigenvalue weighted by Crippen LogP contribution is -2.04. The molecule has 0 fully saturated rings. The monoisotopic (exact) mass is 370 g/mol. The molecule has 4 rings (SSSR count). The number of esters is 1. The van der Waals surface area contributed by atoms with Gasteiger partial charge in [0.2, 0.25) is 0 Å². The van der Waals surface area contributed by atoms with Crippen LogP contribution < -0.4 is 0 Å². The Hall–Kier alpha value is -3.35. The molecule has 0 amide bonds. The van der Waals surface area contributed by atoms with Crippen molar-refractivity contribution in [2.45, 2.75) is 6.18 Å². The van der Waals surface area contributed by atoms with Gasteiger partial charge in [0.15, 0.2) is 0 Å². The molecule has 2 aromatic heterocycles. The highest BCUT2D eigenvalue weighted by Gasteiger charge is 2.30. The molecular formula is C20H13F3N2O2. The number of carbonyl (C=O) groups excluding carboxylic acids is 1. The first-order valence-corrected chi connectivity index (χ1v) is 8.05. The molecule has 0 unspecified atom stereocenters. The number of benzene rings is 2. The molecule has 0 spiro atoms. The number of carbonyl (C=O) groups is 1. The zero-order chi connectivity index (χ0) is 19.2. The molecule has 2 heterocycles. The van der Waals surface area contributed by atoms with Crippen LogP contribution in [0.1, 0.15) is 15.9 Å². The van der Waals surface area contributed by atoms with Gasteiger partial charge in [0.1, 0.15) is 5.65 Å². The van der Waals surface area contributed by atoms with Crippen molar-refractivity contribution in [1.82, 2.24) is 9.38 Å². The van der Waals surface area contributed by atoms with E-state index in [4.69, 9.17) is 4.74 Å². The van der Waals surface area contributed by atoms with Gasteiger partial charge in [0, 0.05) is 17.1 Å². The van der Waals surface area contributed by atoms with Crippen LogP contribution in [-0.2, 0) is 10.9 Å². The summed E-state index contributed by atoms with van der Waals surface area (Å²) >= 11 is 0. The normalized spacial score (nSPS) is 11.9. The van der Waals surface area contributed by atoms with Crippen LogP contribution in [-0.4, -0.2) is 22.5 Å². The number of rotatable bonds is 2. The lowest BCUT2D eigenvalue weighted by molar-refractivity contribution is -0.137. The number of aromatic nitrogens is 2. The maximum absolute atomic E-state index is 12.8. The van der Waals surface area contributed by atoms with Gasteiger partial charge in [0.05, 0.1) is 29.4 Å². The van der Waals surface area contributed by atoms with Gasteiger partial charge >= 0.3 is 12.1 Å². The fourth-order valence-electron chi connectivity index (χ4n) is 3.06. The summed E-state index contributed by atoms with van der Waals surface area (Å²) in [5.74, 6) is -0.485. The highest BCUT2D eigenvalue weighted by molar-refractivity contribution is 5.97. The Balaban J connectivity index is 1.95. The summed E-state index contributed by atoms with van der Waals surface area (Å²) in [6.45, 7) is 0. The lowest BCUT2D eigenvalue weighted by Gasteiger charge is -2.11. The second-order valence-electron chi connectivity index (χ2n) is 6.00. The Labute approximate surface area is 151 Å². The van der Waals surface area contributed by atoms with Crippen molar-refractivity contribution in [3.05, 3.63) is 71.9 Å². The highest BCUT2D eigenvalue weighted by Crippen LogP contribution is 2.33. The van der Waals surface area contributed by atoms with E-state index in [1.165, 1.54) is 19.2 Å². The lowest BCUT2D eigenvalue weighted by atomic mass is 10.0. The van der Waals surface area contributed by atoms with Crippen molar-refractivity contribution in [3.8, 4) is 11.3 Å². The number of hydrogen-bond donors (Lipinski definition) is 0. The molecule has 4 nitrogen and oxygen atoms in total. The zero-order valence-electron chi connectivity index (χ0n) is 14.1. The van der Waals surface area contributed by atoms with Gasteiger partial charge in [-0.25, -0.2) is 9.78 Å². The molecule has 136 valence electrons. The molecule has 0 saturated heterocycles. The highest BCUT2D eigenvalue weighted by atomic mass is 19.4. The maximum Gasteiger partial charge on any atom is 0.416 e. The first kappa shape index (κ1) is 17.1. The Morgan fingerprint density at radius 1 is 1.07 bits per heavy atom.